The molecule has 0 bridgehead atoms. The lowest BCUT2D eigenvalue weighted by atomic mass is 9.95. The van der Waals surface area contributed by atoms with E-state index in [1.807, 2.05) is 13.8 Å². The van der Waals surface area contributed by atoms with Crippen molar-refractivity contribution in [1.82, 2.24) is 4.98 Å². The lowest BCUT2D eigenvalue weighted by molar-refractivity contribution is 0.125. The van der Waals surface area contributed by atoms with E-state index >= 15 is 0 Å². The van der Waals surface area contributed by atoms with Crippen molar-refractivity contribution in [1.29, 1.82) is 0 Å². The minimum absolute atomic E-state index is 0.133. The molecule has 14 heavy (non-hydrogen) atoms. The highest BCUT2D eigenvalue weighted by Crippen LogP contribution is 2.19. The Hall–Kier alpha value is -1.00. The topological polar surface area (TPSA) is 59.1 Å². The van der Waals surface area contributed by atoms with Crippen LogP contribution in [0.25, 0.3) is 0 Å². The van der Waals surface area contributed by atoms with Crippen LogP contribution in [0.15, 0.2) is 18.5 Å². The molecule has 4 heteroatoms. The van der Waals surface area contributed by atoms with Gasteiger partial charge in [-0.05, 0) is 12.0 Å². The first-order valence-electron chi connectivity index (χ1n) is 4.56. The van der Waals surface area contributed by atoms with Gasteiger partial charge in [0.05, 0.1) is 12.3 Å². The van der Waals surface area contributed by atoms with Gasteiger partial charge >= 0.3 is 0 Å². The lowest BCUT2D eigenvalue weighted by Crippen LogP contribution is -2.33. The summed E-state index contributed by atoms with van der Waals surface area (Å²) in [6.45, 7) is 3.81. The summed E-state index contributed by atoms with van der Waals surface area (Å²) in [5, 5.41) is 9.75. The summed E-state index contributed by atoms with van der Waals surface area (Å²) in [7, 11) is 0. The first-order chi connectivity index (χ1) is 6.52. The number of aliphatic hydroxyl groups excluding tert-OH is 1. The average Bonchev–Trinajstić information content (AvgIpc) is 2.15. The molecule has 0 unspecified atom stereocenters. The molecule has 1 aromatic rings. The van der Waals surface area contributed by atoms with Crippen LogP contribution in [0, 0.1) is 11.7 Å². The Labute approximate surface area is 82.8 Å². The summed E-state index contributed by atoms with van der Waals surface area (Å²) in [6.07, 6.45) is 1.66. The van der Waals surface area contributed by atoms with Crippen molar-refractivity contribution in [2.75, 3.05) is 0 Å². The van der Waals surface area contributed by atoms with E-state index in [4.69, 9.17) is 5.73 Å². The van der Waals surface area contributed by atoms with Crippen LogP contribution in [0.2, 0.25) is 0 Å². The molecule has 3 N–H and O–H groups in total. The Kier molecular flexibility index (Phi) is 3.55. The molecular formula is C10H15FN2O. The van der Waals surface area contributed by atoms with E-state index in [1.165, 1.54) is 12.3 Å². The van der Waals surface area contributed by atoms with Crippen LogP contribution in [0.4, 0.5) is 4.39 Å². The highest BCUT2D eigenvalue weighted by atomic mass is 19.1. The fourth-order valence-electron chi connectivity index (χ4n) is 1.18. The maximum Gasteiger partial charge on any atom is 0.141 e. The second-order valence-electron chi connectivity index (χ2n) is 3.70. The minimum atomic E-state index is -0.863. The van der Waals surface area contributed by atoms with Gasteiger partial charge in [-0.25, -0.2) is 4.39 Å². The van der Waals surface area contributed by atoms with E-state index in [0.29, 0.717) is 5.56 Å². The maximum atomic E-state index is 12.8. The molecule has 3 nitrogen and oxygen atoms in total. The maximum absolute atomic E-state index is 12.8. The largest absolute Gasteiger partial charge is 0.387 e. The number of halogens is 1. The summed E-state index contributed by atoms with van der Waals surface area (Å²) in [5.74, 6) is -0.328. The lowest BCUT2D eigenvalue weighted by Gasteiger charge is -2.22. The molecular weight excluding hydrogens is 183 g/mol. The predicted molar refractivity (Wildman–Crippen MR) is 52.0 cm³/mol. The number of hydrogen-bond donors (Lipinski definition) is 2. The van der Waals surface area contributed by atoms with Gasteiger partial charge in [-0.15, -0.1) is 0 Å². The molecule has 0 saturated heterocycles. The molecule has 0 amide bonds. The van der Waals surface area contributed by atoms with Crippen molar-refractivity contribution in [3.63, 3.8) is 0 Å². The average molecular weight is 198 g/mol. The van der Waals surface area contributed by atoms with Crippen LogP contribution in [-0.4, -0.2) is 16.1 Å². The van der Waals surface area contributed by atoms with E-state index < -0.39 is 18.0 Å². The SMILES string of the molecule is CC(C)[C@H](N)[C@@H](O)c1cncc(F)c1. The minimum Gasteiger partial charge on any atom is -0.387 e. The van der Waals surface area contributed by atoms with Gasteiger partial charge in [0.25, 0.3) is 0 Å². The van der Waals surface area contributed by atoms with Gasteiger partial charge in [0.1, 0.15) is 5.82 Å². The number of pyridine rings is 1. The third-order valence-electron chi connectivity index (χ3n) is 2.20. The van der Waals surface area contributed by atoms with E-state index in [0.717, 1.165) is 6.20 Å². The third kappa shape index (κ3) is 2.49. The molecule has 0 saturated carbocycles. The van der Waals surface area contributed by atoms with Gasteiger partial charge in [-0.3, -0.25) is 4.98 Å². The highest BCUT2D eigenvalue weighted by Gasteiger charge is 2.20. The van der Waals surface area contributed by atoms with Gasteiger partial charge in [0.15, 0.2) is 0 Å². The second kappa shape index (κ2) is 4.48. The molecule has 0 spiro atoms. The van der Waals surface area contributed by atoms with Crippen molar-refractivity contribution in [2.24, 2.45) is 11.7 Å². The Morgan fingerprint density at radius 3 is 2.57 bits per heavy atom. The third-order valence-corrected chi connectivity index (χ3v) is 2.20. The van der Waals surface area contributed by atoms with E-state index in [-0.39, 0.29) is 5.92 Å². The molecule has 0 aliphatic rings. The highest BCUT2D eigenvalue weighted by molar-refractivity contribution is 5.15. The van der Waals surface area contributed by atoms with E-state index in [9.17, 15) is 9.50 Å². The first-order valence-corrected chi connectivity index (χ1v) is 4.56. The van der Waals surface area contributed by atoms with Crippen molar-refractivity contribution >= 4 is 0 Å². The zero-order valence-corrected chi connectivity index (χ0v) is 8.31. The van der Waals surface area contributed by atoms with Crippen molar-refractivity contribution in [3.05, 3.63) is 29.8 Å². The number of rotatable bonds is 3. The van der Waals surface area contributed by atoms with Crippen molar-refractivity contribution in [3.8, 4) is 0 Å². The van der Waals surface area contributed by atoms with Gasteiger partial charge in [0, 0.05) is 17.8 Å². The number of nitrogens with two attached hydrogens (primary N) is 1. The fourth-order valence-corrected chi connectivity index (χ4v) is 1.18. The molecule has 0 fully saturated rings. The number of nitrogens with zero attached hydrogens (tertiary/aromatic N) is 1. The van der Waals surface area contributed by atoms with Crippen molar-refractivity contribution < 1.29 is 9.50 Å². The monoisotopic (exact) mass is 198 g/mol. The number of aromatic nitrogens is 1. The van der Waals surface area contributed by atoms with E-state index in [1.54, 1.807) is 0 Å². The van der Waals surface area contributed by atoms with Crippen LogP contribution < -0.4 is 5.73 Å². The molecule has 1 rings (SSSR count). The molecule has 0 radical (unpaired) electrons. The standard InChI is InChI=1S/C10H15FN2O/c1-6(2)9(12)10(14)7-3-8(11)5-13-4-7/h3-6,9-10,14H,12H2,1-2H3/t9-,10-/m0/s1. The van der Waals surface area contributed by atoms with Gasteiger partial charge < -0.3 is 10.8 Å². The van der Waals surface area contributed by atoms with Crippen LogP contribution in [0.1, 0.15) is 25.5 Å². The summed E-state index contributed by atoms with van der Waals surface area (Å²) < 4.78 is 12.8. The van der Waals surface area contributed by atoms with Crippen LogP contribution in [0.3, 0.4) is 0 Å². The first kappa shape index (κ1) is 11.1. The summed E-state index contributed by atoms with van der Waals surface area (Å²) in [5.41, 5.74) is 6.16. The Morgan fingerprint density at radius 2 is 2.07 bits per heavy atom. The Balaban J connectivity index is 2.83. The van der Waals surface area contributed by atoms with Gasteiger partial charge in [-0.2, -0.15) is 0 Å². The van der Waals surface area contributed by atoms with E-state index in [2.05, 4.69) is 4.98 Å². The Morgan fingerprint density at radius 1 is 1.43 bits per heavy atom. The van der Waals surface area contributed by atoms with Gasteiger partial charge in [0.2, 0.25) is 0 Å². The number of aliphatic hydroxyl groups is 1. The molecule has 1 aromatic heterocycles. The predicted octanol–water partition coefficient (Wildman–Crippen LogP) is 1.24. The molecule has 78 valence electrons. The smallest absolute Gasteiger partial charge is 0.141 e. The normalized spacial score (nSPS) is 15.6. The molecule has 0 aliphatic carbocycles. The molecule has 0 aliphatic heterocycles. The Bertz CT molecular complexity index is 304. The van der Waals surface area contributed by atoms with Crippen LogP contribution in [-0.2, 0) is 0 Å². The zero-order chi connectivity index (χ0) is 10.7. The quantitative estimate of drug-likeness (QED) is 0.768. The number of hydrogen-bond acceptors (Lipinski definition) is 3. The van der Waals surface area contributed by atoms with Crippen LogP contribution >= 0.6 is 0 Å². The molecule has 2 atom stereocenters. The summed E-state index contributed by atoms with van der Waals surface area (Å²) >= 11 is 0. The fraction of sp³-hybridized carbons (Fsp3) is 0.500. The molecule has 1 heterocycles. The molecule has 0 aromatic carbocycles. The second-order valence-corrected chi connectivity index (χ2v) is 3.70. The zero-order valence-electron chi connectivity index (χ0n) is 8.31. The summed E-state index contributed by atoms with van der Waals surface area (Å²) in [6, 6.07) is 0.846. The van der Waals surface area contributed by atoms with Gasteiger partial charge in [-0.1, -0.05) is 13.8 Å². The summed E-state index contributed by atoms with van der Waals surface area (Å²) in [4.78, 5) is 3.66. The van der Waals surface area contributed by atoms with Crippen LogP contribution in [0.5, 0.6) is 0 Å². The van der Waals surface area contributed by atoms with Crippen molar-refractivity contribution in [2.45, 2.75) is 26.0 Å².